The van der Waals surface area contributed by atoms with Crippen LogP contribution in [0.3, 0.4) is 0 Å². The van der Waals surface area contributed by atoms with Gasteiger partial charge < -0.3 is 4.74 Å². The molecule has 1 aromatic carbocycles. The van der Waals surface area contributed by atoms with Crippen molar-refractivity contribution in [1.82, 2.24) is 9.97 Å². The molecule has 0 saturated heterocycles. The van der Waals surface area contributed by atoms with Crippen molar-refractivity contribution in [2.24, 2.45) is 0 Å². The molecule has 106 valence electrons. The maximum Gasteiger partial charge on any atom is 0.223 e. The van der Waals surface area contributed by atoms with Crippen LogP contribution in [0.5, 0.6) is 11.6 Å². The molecular weight excluding hydrogens is 316 g/mol. The highest BCUT2D eigenvalue weighted by Gasteiger charge is 2.13. The van der Waals surface area contributed by atoms with E-state index in [0.29, 0.717) is 5.88 Å². The van der Waals surface area contributed by atoms with Crippen LogP contribution >= 0.6 is 15.9 Å². The molecule has 20 heavy (non-hydrogen) atoms. The average Bonchev–Trinajstić information content (AvgIpc) is 2.37. The molecule has 0 radical (unpaired) electrons. The molecule has 2 rings (SSSR count). The molecule has 0 saturated carbocycles. The zero-order valence-corrected chi connectivity index (χ0v) is 13.9. The molecule has 0 amide bonds. The van der Waals surface area contributed by atoms with Gasteiger partial charge in [-0.15, -0.1) is 0 Å². The van der Waals surface area contributed by atoms with Crippen molar-refractivity contribution < 1.29 is 4.74 Å². The van der Waals surface area contributed by atoms with E-state index >= 15 is 0 Å². The maximum atomic E-state index is 5.79. The Hall–Kier alpha value is -1.42. The fraction of sp³-hybridized carbons (Fsp3) is 0.375. The Balaban J connectivity index is 2.20. The minimum Gasteiger partial charge on any atom is -0.439 e. The number of nitrogens with zero attached hydrogens (tertiary/aromatic N) is 2. The SMILES string of the molecule is CCc1nc(Br)cc(Oc2ccc(C(C)(C)C)cc2)n1. The van der Waals surface area contributed by atoms with Crippen LogP contribution in [-0.2, 0) is 11.8 Å². The molecule has 3 nitrogen and oxygen atoms in total. The highest BCUT2D eigenvalue weighted by atomic mass is 79.9. The number of hydrogen-bond acceptors (Lipinski definition) is 3. The van der Waals surface area contributed by atoms with Crippen LogP contribution in [0.4, 0.5) is 0 Å². The Bertz CT molecular complexity index is 588. The van der Waals surface area contributed by atoms with Gasteiger partial charge in [0, 0.05) is 12.5 Å². The van der Waals surface area contributed by atoms with Crippen LogP contribution in [0.25, 0.3) is 0 Å². The van der Waals surface area contributed by atoms with Crippen LogP contribution in [0.1, 0.15) is 39.1 Å². The number of benzene rings is 1. The van der Waals surface area contributed by atoms with Crippen LogP contribution in [0, 0.1) is 0 Å². The Morgan fingerprint density at radius 2 is 1.75 bits per heavy atom. The summed E-state index contributed by atoms with van der Waals surface area (Å²) in [6.07, 6.45) is 0.777. The molecule has 0 aliphatic carbocycles. The van der Waals surface area contributed by atoms with E-state index in [4.69, 9.17) is 4.74 Å². The minimum atomic E-state index is 0.145. The monoisotopic (exact) mass is 334 g/mol. The lowest BCUT2D eigenvalue weighted by molar-refractivity contribution is 0.457. The summed E-state index contributed by atoms with van der Waals surface area (Å²) in [5.41, 5.74) is 1.43. The normalized spacial score (nSPS) is 11.4. The molecule has 0 unspecified atom stereocenters. The van der Waals surface area contributed by atoms with E-state index in [1.165, 1.54) is 5.56 Å². The van der Waals surface area contributed by atoms with Gasteiger partial charge in [0.15, 0.2) is 0 Å². The van der Waals surface area contributed by atoms with Gasteiger partial charge in [0.25, 0.3) is 0 Å². The van der Waals surface area contributed by atoms with Crippen LogP contribution < -0.4 is 4.74 Å². The second-order valence-electron chi connectivity index (χ2n) is 5.68. The van der Waals surface area contributed by atoms with E-state index in [1.807, 2.05) is 19.1 Å². The first-order chi connectivity index (χ1) is 9.38. The highest BCUT2D eigenvalue weighted by Crippen LogP contribution is 2.27. The van der Waals surface area contributed by atoms with E-state index in [-0.39, 0.29) is 5.41 Å². The smallest absolute Gasteiger partial charge is 0.223 e. The number of halogens is 1. The van der Waals surface area contributed by atoms with Crippen LogP contribution in [0.2, 0.25) is 0 Å². The van der Waals surface area contributed by atoms with Crippen molar-refractivity contribution in [2.75, 3.05) is 0 Å². The topological polar surface area (TPSA) is 35.0 Å². The lowest BCUT2D eigenvalue weighted by atomic mass is 9.87. The van der Waals surface area contributed by atoms with E-state index < -0.39 is 0 Å². The lowest BCUT2D eigenvalue weighted by Crippen LogP contribution is -2.10. The van der Waals surface area contributed by atoms with Crippen molar-refractivity contribution in [2.45, 2.75) is 39.5 Å². The van der Waals surface area contributed by atoms with Gasteiger partial charge in [-0.2, -0.15) is 4.98 Å². The zero-order valence-electron chi connectivity index (χ0n) is 12.3. The molecule has 1 aromatic heterocycles. The van der Waals surface area contributed by atoms with E-state index in [0.717, 1.165) is 22.6 Å². The molecular formula is C16H19BrN2O. The number of rotatable bonds is 3. The van der Waals surface area contributed by atoms with Crippen molar-refractivity contribution in [3.8, 4) is 11.6 Å². The first kappa shape index (κ1) is 15.0. The molecule has 0 spiro atoms. The Labute approximate surface area is 128 Å². The predicted octanol–water partition coefficient (Wildman–Crippen LogP) is 4.89. The number of aryl methyl sites for hydroxylation is 1. The Morgan fingerprint density at radius 1 is 1.10 bits per heavy atom. The fourth-order valence-electron chi connectivity index (χ4n) is 1.80. The summed E-state index contributed by atoms with van der Waals surface area (Å²) >= 11 is 3.37. The summed E-state index contributed by atoms with van der Waals surface area (Å²) in [6, 6.07) is 9.90. The molecule has 4 heteroatoms. The largest absolute Gasteiger partial charge is 0.439 e. The number of hydrogen-bond donors (Lipinski definition) is 0. The second-order valence-corrected chi connectivity index (χ2v) is 6.49. The van der Waals surface area contributed by atoms with Crippen molar-refractivity contribution >= 4 is 15.9 Å². The summed E-state index contributed by atoms with van der Waals surface area (Å²) in [5, 5.41) is 0. The first-order valence-electron chi connectivity index (χ1n) is 6.70. The van der Waals surface area contributed by atoms with Crippen LogP contribution in [0.15, 0.2) is 34.9 Å². The van der Waals surface area contributed by atoms with E-state index in [9.17, 15) is 0 Å². The van der Waals surface area contributed by atoms with Gasteiger partial charge in [-0.1, -0.05) is 39.8 Å². The third kappa shape index (κ3) is 3.79. The number of ether oxygens (including phenoxy) is 1. The first-order valence-corrected chi connectivity index (χ1v) is 7.49. The quantitative estimate of drug-likeness (QED) is 0.749. The summed E-state index contributed by atoms with van der Waals surface area (Å²) in [5.74, 6) is 2.11. The second kappa shape index (κ2) is 5.92. The van der Waals surface area contributed by atoms with Gasteiger partial charge in [-0.3, -0.25) is 0 Å². The van der Waals surface area contributed by atoms with Gasteiger partial charge in [0.05, 0.1) is 0 Å². The predicted molar refractivity (Wildman–Crippen MR) is 84.3 cm³/mol. The van der Waals surface area contributed by atoms with Gasteiger partial charge in [-0.05, 0) is 39.0 Å². The standard InChI is InChI=1S/C16H19BrN2O/c1-5-14-18-13(17)10-15(19-14)20-12-8-6-11(7-9-12)16(2,3)4/h6-10H,5H2,1-4H3. The molecule has 0 N–H and O–H groups in total. The molecule has 0 atom stereocenters. The molecule has 0 fully saturated rings. The van der Waals surface area contributed by atoms with Crippen molar-refractivity contribution in [3.05, 3.63) is 46.3 Å². The van der Waals surface area contributed by atoms with Gasteiger partial charge in [-0.25, -0.2) is 4.98 Å². The average molecular weight is 335 g/mol. The zero-order chi connectivity index (χ0) is 14.8. The number of aromatic nitrogens is 2. The van der Waals surface area contributed by atoms with E-state index in [2.05, 4.69) is 58.8 Å². The maximum absolute atomic E-state index is 5.79. The third-order valence-corrected chi connectivity index (χ3v) is 3.38. The fourth-order valence-corrected chi connectivity index (χ4v) is 2.20. The summed E-state index contributed by atoms with van der Waals surface area (Å²) in [6.45, 7) is 8.59. The van der Waals surface area contributed by atoms with Crippen molar-refractivity contribution in [3.63, 3.8) is 0 Å². The van der Waals surface area contributed by atoms with E-state index in [1.54, 1.807) is 6.07 Å². The highest BCUT2D eigenvalue weighted by molar-refractivity contribution is 9.10. The van der Waals surface area contributed by atoms with Crippen LogP contribution in [-0.4, -0.2) is 9.97 Å². The summed E-state index contributed by atoms with van der Waals surface area (Å²) in [7, 11) is 0. The van der Waals surface area contributed by atoms with Crippen molar-refractivity contribution in [1.29, 1.82) is 0 Å². The summed E-state index contributed by atoms with van der Waals surface area (Å²) < 4.78 is 6.53. The third-order valence-electron chi connectivity index (χ3n) is 2.98. The molecule has 0 aliphatic rings. The minimum absolute atomic E-state index is 0.145. The molecule has 1 heterocycles. The molecule has 0 aliphatic heterocycles. The Kier molecular flexibility index (Phi) is 4.43. The lowest BCUT2D eigenvalue weighted by Gasteiger charge is -2.19. The van der Waals surface area contributed by atoms with Gasteiger partial charge in [0.2, 0.25) is 5.88 Å². The Morgan fingerprint density at radius 3 is 2.30 bits per heavy atom. The summed E-state index contributed by atoms with van der Waals surface area (Å²) in [4.78, 5) is 8.62. The molecule has 2 aromatic rings. The van der Waals surface area contributed by atoms with Gasteiger partial charge >= 0.3 is 0 Å². The molecule has 0 bridgehead atoms. The van der Waals surface area contributed by atoms with Gasteiger partial charge in [0.1, 0.15) is 16.2 Å².